The summed E-state index contributed by atoms with van der Waals surface area (Å²) in [7, 11) is 0. The Kier molecular flexibility index (Phi) is 10.7. The number of fused-ring (bicyclic) bond motifs is 3. The van der Waals surface area contributed by atoms with Crippen molar-refractivity contribution in [2.45, 2.75) is 131 Å². The Morgan fingerprint density at radius 3 is 1.67 bits per heavy atom. The Morgan fingerprint density at radius 1 is 0.444 bits per heavy atom. The monoisotopic (exact) mass is 835 g/mol. The van der Waals surface area contributed by atoms with Crippen molar-refractivity contribution in [3.8, 4) is 45.3 Å². The zero-order valence-corrected chi connectivity index (χ0v) is 40.3. The Labute approximate surface area is 376 Å². The van der Waals surface area contributed by atoms with E-state index < -0.39 is 0 Å². The molecule has 0 unspecified atom stereocenters. The van der Waals surface area contributed by atoms with Gasteiger partial charge in [0, 0.05) is 40.9 Å². The van der Waals surface area contributed by atoms with Crippen LogP contribution >= 0.6 is 0 Å². The summed E-state index contributed by atoms with van der Waals surface area (Å²) in [5, 5.41) is 7.26. The first-order valence-corrected chi connectivity index (χ1v) is 22.5. The molecule has 5 heteroatoms. The zero-order valence-electron chi connectivity index (χ0n) is 40.3. The molecule has 0 N–H and O–H groups in total. The molecule has 3 aromatic heterocycles. The highest BCUT2D eigenvalue weighted by Crippen LogP contribution is 2.40. The average Bonchev–Trinajstić information content (AvgIpc) is 3.82. The molecule has 0 saturated heterocycles. The summed E-state index contributed by atoms with van der Waals surface area (Å²) in [4.78, 5) is 5.20. The Balaban J connectivity index is 1.22. The lowest BCUT2D eigenvalue weighted by atomic mass is 9.79. The van der Waals surface area contributed by atoms with Crippen LogP contribution in [0.3, 0.4) is 0 Å². The second-order valence-electron chi connectivity index (χ2n) is 22.7. The fourth-order valence-electron chi connectivity index (χ4n) is 8.43. The number of para-hydroxylation sites is 1. The fourth-order valence-corrected chi connectivity index (χ4v) is 8.43. The van der Waals surface area contributed by atoms with E-state index in [1.165, 1.54) is 44.3 Å². The lowest BCUT2D eigenvalue weighted by Crippen LogP contribution is -2.16. The van der Waals surface area contributed by atoms with Crippen molar-refractivity contribution in [1.29, 1.82) is 0 Å². The van der Waals surface area contributed by atoms with Gasteiger partial charge in [-0.1, -0.05) is 165 Å². The minimum atomic E-state index is -0.126. The third kappa shape index (κ3) is 8.85. The second-order valence-corrected chi connectivity index (χ2v) is 22.7. The van der Waals surface area contributed by atoms with Crippen LogP contribution in [0.25, 0.3) is 55.6 Å². The molecule has 0 spiro atoms. The van der Waals surface area contributed by atoms with Crippen LogP contribution in [0.15, 0.2) is 128 Å². The van der Waals surface area contributed by atoms with E-state index in [9.17, 15) is 0 Å². The molecule has 0 atom stereocenters. The first kappa shape index (κ1) is 43.7. The van der Waals surface area contributed by atoms with Gasteiger partial charge in [-0.3, -0.25) is 4.57 Å². The minimum absolute atomic E-state index is 0.0198. The van der Waals surface area contributed by atoms with Gasteiger partial charge in [-0.25, -0.2) is 9.67 Å². The number of pyridine rings is 1. The molecule has 0 radical (unpaired) electrons. The summed E-state index contributed by atoms with van der Waals surface area (Å²) in [6.45, 7) is 34.0. The molecule has 0 aliphatic carbocycles. The Morgan fingerprint density at radius 2 is 1.05 bits per heavy atom. The number of benzene rings is 5. The average molecular weight is 835 g/mol. The van der Waals surface area contributed by atoms with Crippen molar-refractivity contribution >= 4 is 21.8 Å². The van der Waals surface area contributed by atoms with Gasteiger partial charge in [-0.2, -0.15) is 5.10 Å². The molecule has 5 nitrogen and oxygen atoms in total. The van der Waals surface area contributed by atoms with Crippen LogP contribution in [0.5, 0.6) is 11.5 Å². The van der Waals surface area contributed by atoms with E-state index in [1.54, 1.807) is 0 Å². The van der Waals surface area contributed by atoms with Crippen molar-refractivity contribution < 1.29 is 4.74 Å². The van der Waals surface area contributed by atoms with E-state index in [4.69, 9.17) is 14.8 Å². The largest absolute Gasteiger partial charge is 0.457 e. The zero-order chi connectivity index (χ0) is 45.4. The Bertz CT molecular complexity index is 2950. The van der Waals surface area contributed by atoms with Gasteiger partial charge in [0.1, 0.15) is 17.3 Å². The predicted octanol–water partition coefficient (Wildman–Crippen LogP) is 16.0. The van der Waals surface area contributed by atoms with Crippen molar-refractivity contribution in [3.63, 3.8) is 0 Å². The van der Waals surface area contributed by atoms with Gasteiger partial charge in [0.2, 0.25) is 0 Å². The molecule has 8 rings (SSSR count). The molecule has 63 heavy (non-hydrogen) atoms. The molecule has 0 amide bonds. The molecule has 8 aromatic rings. The fraction of sp³-hybridized carbons (Fsp3) is 0.345. The lowest BCUT2D eigenvalue weighted by Gasteiger charge is -2.26. The molecule has 3 heterocycles. The van der Waals surface area contributed by atoms with Crippen LogP contribution in [-0.2, 0) is 27.1 Å². The number of hydrogen-bond acceptors (Lipinski definition) is 3. The van der Waals surface area contributed by atoms with Gasteiger partial charge in [0.05, 0.1) is 22.9 Å². The maximum atomic E-state index is 6.89. The molecule has 0 fully saturated rings. The topological polar surface area (TPSA) is 44.9 Å². The summed E-state index contributed by atoms with van der Waals surface area (Å²) in [5.41, 5.74) is 14.0. The highest BCUT2D eigenvalue weighted by atomic mass is 16.5. The Hall–Kier alpha value is -5.94. The molecule has 0 aliphatic heterocycles. The van der Waals surface area contributed by atoms with Crippen molar-refractivity contribution in [2.75, 3.05) is 0 Å². The van der Waals surface area contributed by atoms with Gasteiger partial charge in [-0.15, -0.1) is 0 Å². The highest BCUT2D eigenvalue weighted by molar-refractivity contribution is 6.09. The third-order valence-electron chi connectivity index (χ3n) is 12.5. The van der Waals surface area contributed by atoms with E-state index in [-0.39, 0.29) is 27.1 Å². The van der Waals surface area contributed by atoms with Crippen LogP contribution in [0.2, 0.25) is 0 Å². The summed E-state index contributed by atoms with van der Waals surface area (Å²) >= 11 is 0. The van der Waals surface area contributed by atoms with Crippen molar-refractivity contribution in [2.24, 2.45) is 0 Å². The van der Waals surface area contributed by atoms with Gasteiger partial charge in [0.15, 0.2) is 0 Å². The number of nitrogens with zero attached hydrogens (tertiary/aromatic N) is 4. The van der Waals surface area contributed by atoms with E-state index in [2.05, 4.69) is 230 Å². The molecular weight excluding hydrogens is 769 g/mol. The van der Waals surface area contributed by atoms with Crippen molar-refractivity contribution in [3.05, 3.63) is 156 Å². The van der Waals surface area contributed by atoms with Gasteiger partial charge in [-0.05, 0) is 108 Å². The van der Waals surface area contributed by atoms with Crippen LogP contribution in [-0.4, -0.2) is 19.3 Å². The summed E-state index contributed by atoms with van der Waals surface area (Å²) < 4.78 is 11.2. The first-order valence-electron chi connectivity index (χ1n) is 22.5. The standard InChI is InChI=1S/C58H66N4O/c1-54(2,3)40-22-20-37(21-23-40)49-33-53(59-35-50(49)58(13,14)15)62-51-19-17-16-18-47(51)48-25-24-45(32-52(48)62)63-46-30-43(57(10,11)12)29-44(31-46)61-36-39(34-60-61)38-26-41(55(4,5)6)28-42(27-38)56(7,8)9/h16-36H,1-15H3. The first-order chi connectivity index (χ1) is 29.3. The van der Waals surface area contributed by atoms with Crippen LogP contribution in [0.4, 0.5) is 0 Å². The van der Waals surface area contributed by atoms with E-state index in [0.717, 1.165) is 50.6 Å². The minimum Gasteiger partial charge on any atom is -0.457 e. The normalized spacial score (nSPS) is 13.0. The third-order valence-corrected chi connectivity index (χ3v) is 12.5. The van der Waals surface area contributed by atoms with Crippen LogP contribution in [0, 0.1) is 0 Å². The summed E-state index contributed by atoms with van der Waals surface area (Å²) in [6, 6.07) is 39.9. The number of hydrogen-bond donors (Lipinski definition) is 0. The molecule has 0 bridgehead atoms. The van der Waals surface area contributed by atoms with E-state index in [1.807, 2.05) is 10.9 Å². The number of rotatable bonds is 6. The van der Waals surface area contributed by atoms with Gasteiger partial charge < -0.3 is 4.74 Å². The SMILES string of the molecule is CC(C)(C)c1ccc(-c2cc(-n3c4ccccc4c4ccc(Oc5cc(-n6cc(-c7cc(C(C)(C)C)cc(C(C)(C)C)c7)cn6)cc(C(C)(C)C)c5)cc43)ncc2C(C)(C)C)cc1. The van der Waals surface area contributed by atoms with Crippen molar-refractivity contribution in [1.82, 2.24) is 19.3 Å². The quantitative estimate of drug-likeness (QED) is 0.168. The molecular formula is C58H66N4O. The number of ether oxygens (including phenoxy) is 1. The molecule has 0 aliphatic rings. The lowest BCUT2D eigenvalue weighted by molar-refractivity contribution is 0.478. The summed E-state index contributed by atoms with van der Waals surface area (Å²) in [6.07, 6.45) is 6.21. The summed E-state index contributed by atoms with van der Waals surface area (Å²) in [5.74, 6) is 2.38. The van der Waals surface area contributed by atoms with Crippen LogP contribution < -0.4 is 4.74 Å². The molecule has 5 aromatic carbocycles. The maximum Gasteiger partial charge on any atom is 0.138 e. The number of aromatic nitrogens is 4. The predicted molar refractivity (Wildman–Crippen MR) is 267 cm³/mol. The smallest absolute Gasteiger partial charge is 0.138 e. The van der Waals surface area contributed by atoms with E-state index >= 15 is 0 Å². The van der Waals surface area contributed by atoms with E-state index in [0.29, 0.717) is 0 Å². The maximum absolute atomic E-state index is 6.89. The second kappa shape index (κ2) is 15.4. The van der Waals surface area contributed by atoms with Crippen LogP contribution in [0.1, 0.15) is 132 Å². The molecule has 0 saturated carbocycles. The highest BCUT2D eigenvalue weighted by Gasteiger charge is 2.25. The van der Waals surface area contributed by atoms with Gasteiger partial charge in [0.25, 0.3) is 0 Å². The van der Waals surface area contributed by atoms with Gasteiger partial charge >= 0.3 is 0 Å². The molecule has 324 valence electrons.